The van der Waals surface area contributed by atoms with E-state index in [2.05, 4.69) is 47.0 Å². The zero-order valence-corrected chi connectivity index (χ0v) is 20.9. The van der Waals surface area contributed by atoms with Crippen molar-refractivity contribution < 1.29 is 9.21 Å². The van der Waals surface area contributed by atoms with Crippen molar-refractivity contribution in [2.75, 3.05) is 0 Å². The Morgan fingerprint density at radius 3 is 2.71 bits per heavy atom. The molecule has 0 atom stereocenters. The summed E-state index contributed by atoms with van der Waals surface area (Å²) in [5.74, 6) is -0.235. The predicted molar refractivity (Wildman–Crippen MR) is 132 cm³/mol. The molecule has 0 bridgehead atoms. The van der Waals surface area contributed by atoms with Crippen LogP contribution in [0.1, 0.15) is 33.1 Å². The zero-order valence-electron chi connectivity index (χ0n) is 17.0. The maximum Gasteiger partial charge on any atom is 0.307 e. The second-order valence-corrected chi connectivity index (χ2v) is 9.34. The molecule has 0 aliphatic heterocycles. The second kappa shape index (κ2) is 8.65. The molecular formula is C23H18Br2ClN3O2. The Bertz CT molecular complexity index is 1350. The molecule has 2 aromatic carbocycles. The fraction of sp³-hybridized carbons (Fsp3) is 0.130. The molecule has 0 fully saturated rings. The van der Waals surface area contributed by atoms with E-state index in [-0.39, 0.29) is 5.76 Å². The van der Waals surface area contributed by atoms with Gasteiger partial charge in [-0.2, -0.15) is 5.10 Å². The van der Waals surface area contributed by atoms with E-state index in [0.29, 0.717) is 5.58 Å². The van der Waals surface area contributed by atoms with Crippen LogP contribution in [0.15, 0.2) is 60.9 Å². The lowest BCUT2D eigenvalue weighted by Crippen LogP contribution is -2.16. The highest BCUT2D eigenvalue weighted by Gasteiger charge is 2.15. The summed E-state index contributed by atoms with van der Waals surface area (Å²) in [4.78, 5) is 12.5. The van der Waals surface area contributed by atoms with Crippen LogP contribution >= 0.6 is 43.5 Å². The van der Waals surface area contributed by atoms with Gasteiger partial charge in [0.05, 0.1) is 10.7 Å². The fourth-order valence-corrected chi connectivity index (χ4v) is 5.04. The molecule has 4 rings (SSSR count). The number of nitrogens with zero attached hydrogens (tertiary/aromatic N) is 2. The van der Waals surface area contributed by atoms with E-state index in [1.54, 1.807) is 12.3 Å². The van der Waals surface area contributed by atoms with Crippen molar-refractivity contribution in [2.24, 2.45) is 5.10 Å². The number of hydrogen-bond donors (Lipinski definition) is 1. The molecule has 0 saturated carbocycles. The molecular weight excluding hydrogens is 546 g/mol. The van der Waals surface area contributed by atoms with E-state index in [1.807, 2.05) is 57.2 Å². The third-order valence-electron chi connectivity index (χ3n) is 5.08. The lowest BCUT2D eigenvalue weighted by molar-refractivity contribution is 0.0929. The Morgan fingerprint density at radius 1 is 1.16 bits per heavy atom. The molecule has 0 spiro atoms. The summed E-state index contributed by atoms with van der Waals surface area (Å²) in [6.07, 6.45) is 1.63. The van der Waals surface area contributed by atoms with Crippen LogP contribution in [0.4, 0.5) is 0 Å². The number of halogens is 3. The van der Waals surface area contributed by atoms with E-state index < -0.39 is 5.91 Å². The minimum atomic E-state index is -0.421. The van der Waals surface area contributed by atoms with Crippen molar-refractivity contribution in [1.82, 2.24) is 9.99 Å². The van der Waals surface area contributed by atoms with E-state index in [9.17, 15) is 4.79 Å². The minimum Gasteiger partial charge on any atom is -0.450 e. The van der Waals surface area contributed by atoms with E-state index in [0.717, 1.165) is 47.6 Å². The summed E-state index contributed by atoms with van der Waals surface area (Å²) in [6, 6.07) is 13.3. The summed E-state index contributed by atoms with van der Waals surface area (Å²) in [5.41, 5.74) is 8.11. The number of rotatable bonds is 4. The number of hydrazone groups is 1. The Labute approximate surface area is 201 Å². The van der Waals surface area contributed by atoms with Crippen LogP contribution in [-0.2, 0) is 0 Å². The monoisotopic (exact) mass is 561 g/mol. The number of furan rings is 1. The van der Waals surface area contributed by atoms with Crippen LogP contribution in [0.25, 0.3) is 16.7 Å². The number of aryl methyl sites for hydroxylation is 1. The van der Waals surface area contributed by atoms with Gasteiger partial charge in [-0.25, -0.2) is 5.43 Å². The summed E-state index contributed by atoms with van der Waals surface area (Å²) in [5, 5.41) is 5.67. The lowest BCUT2D eigenvalue weighted by Gasteiger charge is -2.13. The van der Waals surface area contributed by atoms with Crippen molar-refractivity contribution in [3.05, 3.63) is 84.7 Å². The Kier molecular flexibility index (Phi) is 6.10. The Hall–Kier alpha value is -2.35. The molecule has 2 heterocycles. The highest BCUT2D eigenvalue weighted by Crippen LogP contribution is 2.31. The van der Waals surface area contributed by atoms with Gasteiger partial charge in [-0.1, -0.05) is 33.6 Å². The molecule has 31 heavy (non-hydrogen) atoms. The molecule has 1 N–H and O–H groups in total. The largest absolute Gasteiger partial charge is 0.450 e. The van der Waals surface area contributed by atoms with Crippen LogP contribution in [0.3, 0.4) is 0 Å². The average molecular weight is 564 g/mol. The number of benzene rings is 2. The van der Waals surface area contributed by atoms with Gasteiger partial charge < -0.3 is 8.98 Å². The number of fused-ring (bicyclic) bond motifs is 1. The highest BCUT2D eigenvalue weighted by molar-refractivity contribution is 9.11. The fourth-order valence-electron chi connectivity index (χ4n) is 3.53. The highest BCUT2D eigenvalue weighted by atomic mass is 79.9. The number of aromatic nitrogens is 1. The number of hydrogen-bond acceptors (Lipinski definition) is 3. The van der Waals surface area contributed by atoms with Gasteiger partial charge in [0.25, 0.3) is 0 Å². The van der Waals surface area contributed by atoms with Crippen molar-refractivity contribution in [1.29, 1.82) is 0 Å². The normalized spacial score (nSPS) is 11.5. The standard InChI is InChI=1S/C23H18Br2ClN3O2/c1-12-7-16(14(3)29(12)20-6-4-5-19(26)13(20)2)11-27-28-23(30)21-9-15-8-17(24)10-18(25)22(15)31-21/h4-11H,1-3H3,(H,28,30)/b27-11-. The van der Waals surface area contributed by atoms with Crippen LogP contribution in [0.5, 0.6) is 0 Å². The molecule has 0 saturated heterocycles. The number of carbonyl (C=O) groups excluding carboxylic acids is 1. The first-order valence-corrected chi connectivity index (χ1v) is 11.4. The topological polar surface area (TPSA) is 59.5 Å². The smallest absolute Gasteiger partial charge is 0.307 e. The molecule has 8 heteroatoms. The quantitative estimate of drug-likeness (QED) is 0.213. The van der Waals surface area contributed by atoms with Crippen molar-refractivity contribution in [3.63, 3.8) is 0 Å². The van der Waals surface area contributed by atoms with Crippen LogP contribution < -0.4 is 5.43 Å². The van der Waals surface area contributed by atoms with Gasteiger partial charge in [-0.05, 0) is 78.7 Å². The van der Waals surface area contributed by atoms with Crippen LogP contribution in [0.2, 0.25) is 5.02 Å². The predicted octanol–water partition coefficient (Wildman–Crippen LogP) is 7.09. The minimum absolute atomic E-state index is 0.186. The average Bonchev–Trinajstić information content (AvgIpc) is 3.26. The van der Waals surface area contributed by atoms with Crippen molar-refractivity contribution in [3.8, 4) is 5.69 Å². The first-order valence-electron chi connectivity index (χ1n) is 9.42. The van der Waals surface area contributed by atoms with Gasteiger partial charge in [-0.15, -0.1) is 0 Å². The molecule has 4 aromatic rings. The number of amides is 1. The molecule has 0 unspecified atom stereocenters. The summed E-state index contributed by atoms with van der Waals surface area (Å²) >= 11 is 13.2. The second-order valence-electron chi connectivity index (χ2n) is 7.16. The third-order valence-corrected chi connectivity index (χ3v) is 6.54. The third kappa shape index (κ3) is 4.22. The SMILES string of the molecule is Cc1c(Cl)cccc1-n1c(C)cc(/C=N\NC(=O)c2cc3cc(Br)cc(Br)c3o2)c1C. The first kappa shape index (κ1) is 21.9. The number of carbonyl (C=O) groups is 1. The summed E-state index contributed by atoms with van der Waals surface area (Å²) in [6.45, 7) is 6.02. The van der Waals surface area contributed by atoms with E-state index >= 15 is 0 Å². The molecule has 5 nitrogen and oxygen atoms in total. The van der Waals surface area contributed by atoms with Crippen molar-refractivity contribution >= 4 is 66.6 Å². The lowest BCUT2D eigenvalue weighted by atomic mass is 10.2. The van der Waals surface area contributed by atoms with E-state index in [4.69, 9.17) is 16.0 Å². The molecule has 0 aliphatic carbocycles. The Morgan fingerprint density at radius 2 is 1.94 bits per heavy atom. The van der Waals surface area contributed by atoms with Gasteiger partial charge in [-0.3, -0.25) is 4.79 Å². The maximum absolute atomic E-state index is 12.5. The van der Waals surface area contributed by atoms with Gasteiger partial charge in [0.15, 0.2) is 5.76 Å². The molecule has 0 aliphatic rings. The number of nitrogens with one attached hydrogen (secondary N) is 1. The first-order chi connectivity index (χ1) is 14.8. The van der Waals surface area contributed by atoms with Crippen molar-refractivity contribution in [2.45, 2.75) is 20.8 Å². The van der Waals surface area contributed by atoms with Gasteiger partial charge in [0.2, 0.25) is 0 Å². The Balaban J connectivity index is 1.56. The summed E-state index contributed by atoms with van der Waals surface area (Å²) in [7, 11) is 0. The zero-order chi connectivity index (χ0) is 22.3. The van der Waals surface area contributed by atoms with Crippen LogP contribution in [0, 0.1) is 20.8 Å². The van der Waals surface area contributed by atoms with Gasteiger partial charge in [0.1, 0.15) is 5.58 Å². The molecule has 0 radical (unpaired) electrons. The van der Waals surface area contributed by atoms with Gasteiger partial charge in [0, 0.05) is 37.5 Å². The molecule has 1 amide bonds. The maximum atomic E-state index is 12.5. The van der Waals surface area contributed by atoms with Crippen LogP contribution in [-0.4, -0.2) is 16.7 Å². The summed E-state index contributed by atoms with van der Waals surface area (Å²) < 4.78 is 9.46. The molecule has 2 aromatic heterocycles. The molecule has 158 valence electrons. The van der Waals surface area contributed by atoms with E-state index in [1.165, 1.54) is 0 Å². The van der Waals surface area contributed by atoms with Gasteiger partial charge >= 0.3 is 5.91 Å².